The summed E-state index contributed by atoms with van der Waals surface area (Å²) in [6, 6.07) is 6.27. The minimum Gasteiger partial charge on any atom is -0.319 e. The van der Waals surface area contributed by atoms with E-state index < -0.39 is 5.82 Å². The number of hydrogen-bond donors (Lipinski definition) is 1. The molecule has 0 aliphatic rings. The van der Waals surface area contributed by atoms with Gasteiger partial charge in [0.05, 0.1) is 0 Å². The molecule has 0 amide bonds. The quantitative estimate of drug-likeness (QED) is 0.584. The predicted octanol–water partition coefficient (Wildman–Crippen LogP) is 1.66. The summed E-state index contributed by atoms with van der Waals surface area (Å²) in [5.74, 6) is 5.15. The van der Waals surface area contributed by atoms with E-state index in [1.165, 1.54) is 6.07 Å². The Morgan fingerprint density at radius 1 is 1.47 bits per heavy atom. The van der Waals surface area contributed by atoms with E-state index in [9.17, 15) is 4.39 Å². The lowest BCUT2D eigenvalue weighted by Crippen LogP contribution is -2.05. The fourth-order valence-corrected chi connectivity index (χ4v) is 1.09. The van der Waals surface area contributed by atoms with E-state index in [-0.39, 0.29) is 5.56 Å². The lowest BCUT2D eigenvalue weighted by molar-refractivity contribution is 0.623. The fourth-order valence-electron chi connectivity index (χ4n) is 1.09. The van der Waals surface area contributed by atoms with Crippen molar-refractivity contribution < 1.29 is 4.39 Å². The second-order valence-electron chi connectivity index (χ2n) is 2.93. The molecule has 0 saturated heterocycles. The Bertz CT molecular complexity index is 435. The third-order valence-electron chi connectivity index (χ3n) is 1.85. The molecule has 0 atom stereocenters. The monoisotopic (exact) mass is 202 g/mol. The number of benzene rings is 1. The van der Waals surface area contributed by atoms with Crippen molar-refractivity contribution in [2.24, 2.45) is 0 Å². The summed E-state index contributed by atoms with van der Waals surface area (Å²) in [5, 5.41) is 11.7. The molecule has 1 rings (SSSR count). The smallest absolute Gasteiger partial charge is 0.142 e. The maximum absolute atomic E-state index is 13.1. The van der Waals surface area contributed by atoms with Crippen molar-refractivity contribution in [1.82, 2.24) is 5.32 Å². The molecular formula is C12H11FN2. The summed E-state index contributed by atoms with van der Waals surface area (Å²) in [6.45, 7) is 0.782. The average Bonchev–Trinajstić information content (AvgIpc) is 2.24. The lowest BCUT2D eigenvalue weighted by atomic mass is 10.1. The van der Waals surface area contributed by atoms with Crippen LogP contribution in [-0.2, 0) is 0 Å². The summed E-state index contributed by atoms with van der Waals surface area (Å²) in [5.41, 5.74) is 0.475. The van der Waals surface area contributed by atoms with Gasteiger partial charge in [0.15, 0.2) is 0 Å². The Balaban J connectivity index is 2.89. The van der Waals surface area contributed by atoms with Crippen LogP contribution in [0, 0.1) is 29.0 Å². The van der Waals surface area contributed by atoms with Crippen LogP contribution in [0.25, 0.3) is 0 Å². The molecule has 0 aliphatic carbocycles. The molecular weight excluding hydrogens is 191 g/mol. The van der Waals surface area contributed by atoms with Crippen LogP contribution >= 0.6 is 0 Å². The van der Waals surface area contributed by atoms with Gasteiger partial charge >= 0.3 is 0 Å². The largest absolute Gasteiger partial charge is 0.319 e. The topological polar surface area (TPSA) is 35.8 Å². The zero-order valence-electron chi connectivity index (χ0n) is 8.47. The third-order valence-corrected chi connectivity index (χ3v) is 1.85. The number of nitrogens with zero attached hydrogens (tertiary/aromatic N) is 1. The first-order valence-corrected chi connectivity index (χ1v) is 4.61. The van der Waals surface area contributed by atoms with Crippen molar-refractivity contribution in [3.8, 4) is 17.9 Å². The van der Waals surface area contributed by atoms with E-state index in [1.54, 1.807) is 12.1 Å². The Morgan fingerprint density at radius 2 is 2.27 bits per heavy atom. The van der Waals surface area contributed by atoms with Crippen LogP contribution in [-0.4, -0.2) is 13.6 Å². The Hall–Kier alpha value is -1.84. The van der Waals surface area contributed by atoms with Crippen LogP contribution in [0.1, 0.15) is 17.5 Å². The summed E-state index contributed by atoms with van der Waals surface area (Å²) in [6.07, 6.45) is 0.678. The van der Waals surface area contributed by atoms with Crippen LogP contribution in [0.5, 0.6) is 0 Å². The Morgan fingerprint density at radius 3 is 2.93 bits per heavy atom. The van der Waals surface area contributed by atoms with Gasteiger partial charge in [-0.05, 0) is 19.2 Å². The molecule has 2 nitrogen and oxygen atoms in total. The molecule has 0 fully saturated rings. The zero-order valence-corrected chi connectivity index (χ0v) is 8.47. The molecule has 76 valence electrons. The molecule has 1 aromatic rings. The van der Waals surface area contributed by atoms with Crippen LogP contribution < -0.4 is 5.32 Å². The standard InChI is InChI=1S/C12H11FN2/c1-15-8-3-2-5-10-6-4-7-12(13)11(10)9-14/h4,6-7,15H,3,8H2,1H3. The second kappa shape index (κ2) is 5.80. The molecule has 1 N–H and O–H groups in total. The summed E-state index contributed by atoms with van der Waals surface area (Å²) in [4.78, 5) is 0. The van der Waals surface area contributed by atoms with Crippen LogP contribution in [0.3, 0.4) is 0 Å². The van der Waals surface area contributed by atoms with Crippen LogP contribution in [0.4, 0.5) is 4.39 Å². The predicted molar refractivity (Wildman–Crippen MR) is 56.5 cm³/mol. The maximum atomic E-state index is 13.1. The van der Waals surface area contributed by atoms with Gasteiger partial charge in [-0.2, -0.15) is 5.26 Å². The fraction of sp³-hybridized carbons (Fsp3) is 0.250. The molecule has 0 spiro atoms. The zero-order chi connectivity index (χ0) is 11.1. The normalized spacial score (nSPS) is 8.87. The third kappa shape index (κ3) is 3.09. The molecule has 0 radical (unpaired) electrons. The number of hydrogen-bond acceptors (Lipinski definition) is 2. The van der Waals surface area contributed by atoms with Gasteiger partial charge in [-0.15, -0.1) is 0 Å². The number of nitriles is 1. The highest BCUT2D eigenvalue weighted by atomic mass is 19.1. The molecule has 0 aromatic heterocycles. The van der Waals surface area contributed by atoms with E-state index in [4.69, 9.17) is 5.26 Å². The van der Waals surface area contributed by atoms with E-state index >= 15 is 0 Å². The van der Waals surface area contributed by atoms with Crippen molar-refractivity contribution in [1.29, 1.82) is 5.26 Å². The molecule has 0 bridgehead atoms. The van der Waals surface area contributed by atoms with Gasteiger partial charge in [-0.3, -0.25) is 0 Å². The SMILES string of the molecule is CNCCC#Cc1cccc(F)c1C#N. The lowest BCUT2D eigenvalue weighted by Gasteiger charge is -1.95. The van der Waals surface area contributed by atoms with E-state index in [1.807, 2.05) is 13.1 Å². The van der Waals surface area contributed by atoms with Crippen molar-refractivity contribution in [3.63, 3.8) is 0 Å². The average molecular weight is 202 g/mol. The van der Waals surface area contributed by atoms with Gasteiger partial charge in [-0.1, -0.05) is 17.9 Å². The highest BCUT2D eigenvalue weighted by molar-refractivity contribution is 5.48. The minimum absolute atomic E-state index is 0.0226. The number of rotatable bonds is 2. The van der Waals surface area contributed by atoms with E-state index in [2.05, 4.69) is 17.2 Å². The summed E-state index contributed by atoms with van der Waals surface area (Å²) < 4.78 is 13.1. The Kier molecular flexibility index (Phi) is 4.34. The number of nitrogens with one attached hydrogen (secondary N) is 1. The van der Waals surface area contributed by atoms with Gasteiger partial charge in [-0.25, -0.2) is 4.39 Å². The molecule has 0 unspecified atom stereocenters. The van der Waals surface area contributed by atoms with Gasteiger partial charge in [0.2, 0.25) is 0 Å². The first kappa shape index (κ1) is 11.2. The van der Waals surface area contributed by atoms with Crippen molar-refractivity contribution in [2.45, 2.75) is 6.42 Å². The molecule has 0 heterocycles. The molecule has 1 aromatic carbocycles. The van der Waals surface area contributed by atoms with Crippen molar-refractivity contribution in [3.05, 3.63) is 35.1 Å². The van der Waals surface area contributed by atoms with Crippen LogP contribution in [0.15, 0.2) is 18.2 Å². The molecule has 3 heteroatoms. The summed E-state index contributed by atoms with van der Waals surface area (Å²) in [7, 11) is 1.84. The Labute approximate surface area is 88.7 Å². The van der Waals surface area contributed by atoms with Gasteiger partial charge in [0, 0.05) is 18.5 Å². The highest BCUT2D eigenvalue weighted by Crippen LogP contribution is 2.10. The summed E-state index contributed by atoms with van der Waals surface area (Å²) >= 11 is 0. The van der Waals surface area contributed by atoms with Gasteiger partial charge in [0.1, 0.15) is 17.4 Å². The first-order valence-electron chi connectivity index (χ1n) is 4.61. The highest BCUT2D eigenvalue weighted by Gasteiger charge is 2.04. The molecule has 15 heavy (non-hydrogen) atoms. The van der Waals surface area contributed by atoms with Gasteiger partial charge < -0.3 is 5.32 Å². The van der Waals surface area contributed by atoms with Gasteiger partial charge in [0.25, 0.3) is 0 Å². The second-order valence-corrected chi connectivity index (χ2v) is 2.93. The first-order chi connectivity index (χ1) is 7.29. The van der Waals surface area contributed by atoms with Crippen molar-refractivity contribution >= 4 is 0 Å². The number of halogens is 1. The maximum Gasteiger partial charge on any atom is 0.142 e. The molecule has 0 aliphatic heterocycles. The minimum atomic E-state index is -0.516. The van der Waals surface area contributed by atoms with Crippen molar-refractivity contribution in [2.75, 3.05) is 13.6 Å². The molecule has 0 saturated carbocycles. The van der Waals surface area contributed by atoms with Crippen LogP contribution in [0.2, 0.25) is 0 Å². The van der Waals surface area contributed by atoms with E-state index in [0.29, 0.717) is 12.0 Å². The van der Waals surface area contributed by atoms with E-state index in [0.717, 1.165) is 6.54 Å².